The molecule has 4 rings (SSSR count). The van der Waals surface area contributed by atoms with Crippen LogP contribution in [0.5, 0.6) is 5.75 Å². The van der Waals surface area contributed by atoms with Crippen molar-refractivity contribution in [3.63, 3.8) is 0 Å². The van der Waals surface area contributed by atoms with Crippen LogP contribution in [0.25, 0.3) is 0 Å². The van der Waals surface area contributed by atoms with E-state index < -0.39 is 23.7 Å². The lowest BCUT2D eigenvalue weighted by molar-refractivity contribution is -0.117. The van der Waals surface area contributed by atoms with Crippen molar-refractivity contribution in [2.75, 3.05) is 17.3 Å². The van der Waals surface area contributed by atoms with Gasteiger partial charge < -0.3 is 14.5 Å². The summed E-state index contributed by atoms with van der Waals surface area (Å²) >= 11 is 0. The van der Waals surface area contributed by atoms with Gasteiger partial charge in [0.2, 0.25) is 0 Å². The first-order chi connectivity index (χ1) is 16.1. The van der Waals surface area contributed by atoms with Crippen molar-refractivity contribution in [1.82, 2.24) is 0 Å². The first-order valence-corrected chi connectivity index (χ1v) is 10.2. The number of carbonyl (C=O) groups is 2. The molecule has 0 aliphatic rings. The van der Waals surface area contributed by atoms with E-state index in [9.17, 15) is 14.0 Å². The monoisotopic (exact) mass is 444 g/mol. The number of methoxy groups -OCH3 is 1. The molecular weight excluding hydrogens is 423 g/mol. The zero-order chi connectivity index (χ0) is 23.2. The number of hydrogen-bond donors (Lipinski definition) is 1. The molecule has 6 nitrogen and oxygen atoms in total. The predicted octanol–water partition coefficient (Wildman–Crippen LogP) is 5.45. The second-order valence-corrected chi connectivity index (χ2v) is 7.16. The number of hydrogen-bond acceptors (Lipinski definition) is 4. The summed E-state index contributed by atoms with van der Waals surface area (Å²) in [6.07, 6.45) is 1.39. The number of amides is 2. The summed E-state index contributed by atoms with van der Waals surface area (Å²) in [5.74, 6) is -0.720. The van der Waals surface area contributed by atoms with Crippen LogP contribution in [0.1, 0.15) is 22.2 Å². The molecule has 1 heterocycles. The fraction of sp³-hybridized carbons (Fsp3) is 0.0769. The molecule has 1 aromatic heterocycles. The van der Waals surface area contributed by atoms with E-state index in [1.807, 2.05) is 6.07 Å². The third kappa shape index (κ3) is 4.93. The maximum absolute atomic E-state index is 13.7. The standard InChI is InChI=1S/C26H21FN2O4/c1-32-22-15-13-20(14-16-22)28-25(30)24(18-9-11-19(27)12-10-18)29(21-6-3-2-4-7-21)26(31)23-8-5-17-33-23/h2-17,24H,1H3,(H,28,30). The number of rotatable bonds is 7. The Balaban J connectivity index is 1.78. The largest absolute Gasteiger partial charge is 0.497 e. The minimum atomic E-state index is -1.10. The van der Waals surface area contributed by atoms with Crippen LogP contribution in [0.4, 0.5) is 15.8 Å². The lowest BCUT2D eigenvalue weighted by atomic mass is 10.0. The highest BCUT2D eigenvalue weighted by atomic mass is 19.1. The zero-order valence-corrected chi connectivity index (χ0v) is 17.8. The summed E-state index contributed by atoms with van der Waals surface area (Å²) in [4.78, 5) is 28.4. The van der Waals surface area contributed by atoms with Crippen LogP contribution in [-0.2, 0) is 4.79 Å². The highest BCUT2D eigenvalue weighted by Gasteiger charge is 2.34. The molecule has 0 saturated carbocycles. The average molecular weight is 444 g/mol. The number of ether oxygens (including phenoxy) is 1. The van der Waals surface area contributed by atoms with Crippen molar-refractivity contribution in [2.24, 2.45) is 0 Å². The Morgan fingerprint density at radius 2 is 1.61 bits per heavy atom. The minimum Gasteiger partial charge on any atom is -0.497 e. The fourth-order valence-corrected chi connectivity index (χ4v) is 3.44. The predicted molar refractivity (Wildman–Crippen MR) is 123 cm³/mol. The quantitative estimate of drug-likeness (QED) is 0.411. The van der Waals surface area contributed by atoms with Crippen LogP contribution in [0.2, 0.25) is 0 Å². The summed E-state index contributed by atoms with van der Waals surface area (Å²) in [7, 11) is 1.55. The summed E-state index contributed by atoms with van der Waals surface area (Å²) in [5, 5.41) is 2.84. The minimum absolute atomic E-state index is 0.0724. The van der Waals surface area contributed by atoms with Gasteiger partial charge >= 0.3 is 0 Å². The van der Waals surface area contributed by atoms with Crippen molar-refractivity contribution in [1.29, 1.82) is 0 Å². The fourth-order valence-electron chi connectivity index (χ4n) is 3.44. The molecule has 3 aromatic carbocycles. The molecule has 0 aliphatic heterocycles. The van der Waals surface area contributed by atoms with Crippen LogP contribution in [0.15, 0.2) is 102 Å². The summed E-state index contributed by atoms with van der Waals surface area (Å²) in [6.45, 7) is 0. The van der Waals surface area contributed by atoms with E-state index in [1.165, 1.54) is 41.5 Å². The number of furan rings is 1. The maximum atomic E-state index is 13.7. The van der Waals surface area contributed by atoms with Gasteiger partial charge in [0.25, 0.3) is 11.8 Å². The molecule has 0 spiro atoms. The molecule has 0 saturated heterocycles. The molecular formula is C26H21FN2O4. The number of benzene rings is 3. The van der Waals surface area contributed by atoms with E-state index in [0.29, 0.717) is 22.7 Å². The van der Waals surface area contributed by atoms with Crippen LogP contribution in [0, 0.1) is 5.82 Å². The molecule has 33 heavy (non-hydrogen) atoms. The van der Waals surface area contributed by atoms with Crippen LogP contribution in [-0.4, -0.2) is 18.9 Å². The normalized spacial score (nSPS) is 11.5. The zero-order valence-electron chi connectivity index (χ0n) is 17.8. The van der Waals surface area contributed by atoms with Crippen LogP contribution >= 0.6 is 0 Å². The Hall–Kier alpha value is -4.39. The third-order valence-corrected chi connectivity index (χ3v) is 5.03. The Morgan fingerprint density at radius 1 is 0.909 bits per heavy atom. The maximum Gasteiger partial charge on any atom is 0.294 e. The van der Waals surface area contributed by atoms with Gasteiger partial charge in [-0.15, -0.1) is 0 Å². The van der Waals surface area contributed by atoms with Crippen molar-refractivity contribution < 1.29 is 23.1 Å². The number of halogens is 1. The van der Waals surface area contributed by atoms with E-state index in [2.05, 4.69) is 5.32 Å². The lowest BCUT2D eigenvalue weighted by Gasteiger charge is -2.31. The molecule has 2 amide bonds. The van der Waals surface area contributed by atoms with E-state index in [4.69, 9.17) is 9.15 Å². The highest BCUT2D eigenvalue weighted by molar-refractivity contribution is 6.10. The molecule has 0 radical (unpaired) electrons. The smallest absolute Gasteiger partial charge is 0.294 e. The number of anilines is 2. The van der Waals surface area contributed by atoms with E-state index in [1.54, 1.807) is 61.7 Å². The Labute approximate surface area is 190 Å². The molecule has 1 atom stereocenters. The van der Waals surface area contributed by atoms with Crippen LogP contribution in [0.3, 0.4) is 0 Å². The van der Waals surface area contributed by atoms with Crippen LogP contribution < -0.4 is 15.0 Å². The van der Waals surface area contributed by atoms with Gasteiger partial charge in [-0.2, -0.15) is 0 Å². The van der Waals surface area contributed by atoms with Gasteiger partial charge in [0, 0.05) is 11.4 Å². The molecule has 166 valence electrons. The Kier molecular flexibility index (Phi) is 6.50. The third-order valence-electron chi connectivity index (χ3n) is 5.03. The molecule has 0 aliphatic carbocycles. The van der Waals surface area contributed by atoms with Crippen molar-refractivity contribution in [2.45, 2.75) is 6.04 Å². The number of nitrogens with one attached hydrogen (secondary N) is 1. The van der Waals surface area contributed by atoms with Gasteiger partial charge in [-0.1, -0.05) is 30.3 Å². The molecule has 1 unspecified atom stereocenters. The van der Waals surface area contributed by atoms with E-state index in [0.717, 1.165) is 0 Å². The van der Waals surface area contributed by atoms with Gasteiger partial charge in [-0.05, 0) is 66.2 Å². The number of nitrogens with zero attached hydrogens (tertiary/aromatic N) is 1. The second kappa shape index (κ2) is 9.82. The first kappa shape index (κ1) is 21.8. The average Bonchev–Trinajstić information content (AvgIpc) is 3.39. The Bertz CT molecular complexity index is 1210. The highest BCUT2D eigenvalue weighted by Crippen LogP contribution is 2.31. The van der Waals surface area contributed by atoms with Gasteiger partial charge in [0.1, 0.15) is 17.6 Å². The van der Waals surface area contributed by atoms with Crippen molar-refractivity contribution >= 4 is 23.2 Å². The van der Waals surface area contributed by atoms with Crippen molar-refractivity contribution in [3.8, 4) is 5.75 Å². The van der Waals surface area contributed by atoms with E-state index >= 15 is 0 Å². The summed E-state index contributed by atoms with van der Waals surface area (Å²) < 4.78 is 24.2. The summed E-state index contributed by atoms with van der Waals surface area (Å²) in [6, 6.07) is 23.1. The summed E-state index contributed by atoms with van der Waals surface area (Å²) in [5.41, 5.74) is 1.44. The number of para-hydroxylation sites is 1. The Morgan fingerprint density at radius 3 is 2.21 bits per heavy atom. The van der Waals surface area contributed by atoms with Gasteiger partial charge in [-0.25, -0.2) is 4.39 Å². The molecule has 0 bridgehead atoms. The van der Waals surface area contributed by atoms with Crippen molar-refractivity contribution in [3.05, 3.63) is 114 Å². The second-order valence-electron chi connectivity index (χ2n) is 7.16. The lowest BCUT2D eigenvalue weighted by Crippen LogP contribution is -2.41. The number of carbonyl (C=O) groups excluding carboxylic acids is 2. The van der Waals surface area contributed by atoms with Gasteiger partial charge in [0.05, 0.1) is 13.4 Å². The van der Waals surface area contributed by atoms with E-state index in [-0.39, 0.29) is 5.76 Å². The molecule has 1 N–H and O–H groups in total. The first-order valence-electron chi connectivity index (χ1n) is 10.2. The van der Waals surface area contributed by atoms with Gasteiger partial charge in [0.15, 0.2) is 5.76 Å². The topological polar surface area (TPSA) is 71.8 Å². The molecule has 7 heteroatoms. The van der Waals surface area contributed by atoms with Gasteiger partial charge in [-0.3, -0.25) is 14.5 Å². The molecule has 0 fully saturated rings. The SMILES string of the molecule is COc1ccc(NC(=O)C(c2ccc(F)cc2)N(C(=O)c2ccco2)c2ccccc2)cc1. The molecule has 4 aromatic rings.